The fourth-order valence-electron chi connectivity index (χ4n) is 0.816. The van der Waals surface area contributed by atoms with Crippen molar-refractivity contribution in [1.29, 1.82) is 0 Å². The molecule has 1 aromatic rings. The second kappa shape index (κ2) is 2.60. The molecule has 1 heterocycles. The maximum absolute atomic E-state index is 3.93. The van der Waals surface area contributed by atoms with Gasteiger partial charge in [-0.25, -0.2) is 0 Å². The van der Waals surface area contributed by atoms with Crippen molar-refractivity contribution in [1.82, 2.24) is 10.2 Å². The van der Waals surface area contributed by atoms with E-state index in [1.165, 1.54) is 0 Å². The van der Waals surface area contributed by atoms with Gasteiger partial charge in [0.05, 0.1) is 5.69 Å². The predicted octanol–water partition coefficient (Wildman–Crippen LogP) is 1.82. The molecule has 0 atom stereocenters. The van der Waals surface area contributed by atoms with Crippen LogP contribution in [0.15, 0.2) is 18.8 Å². The van der Waals surface area contributed by atoms with Crippen LogP contribution >= 0.6 is 0 Å². The van der Waals surface area contributed by atoms with Crippen molar-refractivity contribution >= 4 is 5.57 Å². The molecule has 0 saturated carbocycles. The third-order valence-corrected chi connectivity index (χ3v) is 1.33. The van der Waals surface area contributed by atoms with Crippen molar-refractivity contribution in [3.63, 3.8) is 0 Å². The zero-order valence-electron chi connectivity index (χ0n) is 6.26. The summed E-state index contributed by atoms with van der Waals surface area (Å²) >= 11 is 0. The van der Waals surface area contributed by atoms with E-state index in [1.807, 2.05) is 19.9 Å². The Hall–Kier alpha value is -1.18. The quantitative estimate of drug-likeness (QED) is 0.585. The van der Waals surface area contributed by atoms with Crippen molar-refractivity contribution in [3.05, 3.63) is 30.1 Å². The first-order valence-electron chi connectivity index (χ1n) is 3.16. The highest BCUT2D eigenvalue weighted by atomic mass is 15.1. The summed E-state index contributed by atoms with van der Waals surface area (Å²) in [6, 6.07) is 1.93. The lowest BCUT2D eigenvalue weighted by atomic mass is 10.1. The third-order valence-electron chi connectivity index (χ3n) is 1.33. The minimum atomic E-state index is 0.905. The predicted molar refractivity (Wildman–Crippen MR) is 41.5 cm³/mol. The minimum Gasteiger partial charge on any atom is -0.159 e. The van der Waals surface area contributed by atoms with Gasteiger partial charge in [0.2, 0.25) is 0 Å². The zero-order valence-corrected chi connectivity index (χ0v) is 6.26. The maximum Gasteiger partial charge on any atom is 0.0909 e. The summed E-state index contributed by atoms with van der Waals surface area (Å²) in [5.41, 5.74) is 3.00. The summed E-state index contributed by atoms with van der Waals surface area (Å²) in [5.74, 6) is 0. The summed E-state index contributed by atoms with van der Waals surface area (Å²) in [7, 11) is 0. The van der Waals surface area contributed by atoms with Crippen LogP contribution in [0.2, 0.25) is 0 Å². The van der Waals surface area contributed by atoms with Gasteiger partial charge in [0.15, 0.2) is 0 Å². The minimum absolute atomic E-state index is 0.905. The van der Waals surface area contributed by atoms with Crippen molar-refractivity contribution < 1.29 is 0 Å². The molecule has 1 aromatic heterocycles. The van der Waals surface area contributed by atoms with E-state index >= 15 is 0 Å². The van der Waals surface area contributed by atoms with Gasteiger partial charge in [-0.2, -0.15) is 10.2 Å². The Bertz CT molecular complexity index is 253. The fraction of sp³-hybridized carbons (Fsp3) is 0.250. The Balaban J connectivity index is 3.15. The molecule has 0 unspecified atom stereocenters. The highest BCUT2D eigenvalue weighted by Gasteiger charge is 1.97. The number of hydrogen-bond acceptors (Lipinski definition) is 2. The number of rotatable bonds is 1. The van der Waals surface area contributed by atoms with Crippen LogP contribution in [-0.4, -0.2) is 10.2 Å². The molecule has 0 aliphatic rings. The van der Waals surface area contributed by atoms with E-state index in [2.05, 4.69) is 16.8 Å². The molecule has 0 saturated heterocycles. The molecule has 0 fully saturated rings. The average molecular weight is 134 g/mol. The van der Waals surface area contributed by atoms with Crippen molar-refractivity contribution in [2.24, 2.45) is 0 Å². The average Bonchev–Trinajstić information content (AvgIpc) is 1.88. The number of nitrogens with zero attached hydrogens (tertiary/aromatic N) is 2. The van der Waals surface area contributed by atoms with E-state index in [9.17, 15) is 0 Å². The molecule has 0 aliphatic carbocycles. The van der Waals surface area contributed by atoms with Gasteiger partial charge in [0.1, 0.15) is 0 Å². The van der Waals surface area contributed by atoms with E-state index < -0.39 is 0 Å². The molecule has 0 N–H and O–H groups in total. The summed E-state index contributed by atoms with van der Waals surface area (Å²) < 4.78 is 0. The van der Waals surface area contributed by atoms with E-state index in [4.69, 9.17) is 0 Å². The first-order chi connectivity index (χ1) is 4.72. The standard InChI is InChI=1S/C8H10N2/c1-6(2)8-7(3)4-5-9-10-8/h4-5H,1H2,2-3H3. The van der Waals surface area contributed by atoms with E-state index in [1.54, 1.807) is 6.20 Å². The van der Waals surface area contributed by atoms with Crippen LogP contribution in [0.25, 0.3) is 5.57 Å². The third kappa shape index (κ3) is 1.21. The Labute approximate surface area is 60.6 Å². The van der Waals surface area contributed by atoms with Crippen LogP contribution in [0, 0.1) is 6.92 Å². The van der Waals surface area contributed by atoms with Gasteiger partial charge in [-0.15, -0.1) is 0 Å². The number of aryl methyl sites for hydroxylation is 1. The van der Waals surface area contributed by atoms with E-state index in [0.717, 1.165) is 16.8 Å². The molecule has 0 spiro atoms. The SMILES string of the molecule is C=C(C)c1nnccc1C. The lowest BCUT2D eigenvalue weighted by Crippen LogP contribution is -1.91. The number of aromatic nitrogens is 2. The molecule has 0 radical (unpaired) electrons. The number of hydrogen-bond donors (Lipinski definition) is 0. The van der Waals surface area contributed by atoms with E-state index in [0.29, 0.717) is 0 Å². The van der Waals surface area contributed by atoms with Gasteiger partial charge in [-0.3, -0.25) is 0 Å². The molecule has 0 aliphatic heterocycles. The molecule has 2 heteroatoms. The molecule has 0 aromatic carbocycles. The zero-order chi connectivity index (χ0) is 7.56. The van der Waals surface area contributed by atoms with E-state index in [-0.39, 0.29) is 0 Å². The van der Waals surface area contributed by atoms with Gasteiger partial charge in [0.25, 0.3) is 0 Å². The highest BCUT2D eigenvalue weighted by molar-refractivity contribution is 5.59. The number of allylic oxidation sites excluding steroid dienone is 1. The van der Waals surface area contributed by atoms with Gasteiger partial charge >= 0.3 is 0 Å². The molecule has 0 bridgehead atoms. The summed E-state index contributed by atoms with van der Waals surface area (Å²) in [4.78, 5) is 0. The molecular formula is C8H10N2. The van der Waals surface area contributed by atoms with Crippen LogP contribution in [0.5, 0.6) is 0 Å². The largest absolute Gasteiger partial charge is 0.159 e. The Kier molecular flexibility index (Phi) is 1.81. The smallest absolute Gasteiger partial charge is 0.0909 e. The molecule has 10 heavy (non-hydrogen) atoms. The van der Waals surface area contributed by atoms with Gasteiger partial charge in [0, 0.05) is 6.20 Å². The van der Waals surface area contributed by atoms with Crippen LogP contribution in [0.3, 0.4) is 0 Å². The second-order valence-electron chi connectivity index (χ2n) is 2.34. The Morgan fingerprint density at radius 3 is 2.70 bits per heavy atom. The summed E-state index contributed by atoms with van der Waals surface area (Å²) in [6.45, 7) is 7.71. The molecular weight excluding hydrogens is 124 g/mol. The van der Waals surface area contributed by atoms with Crippen molar-refractivity contribution in [2.75, 3.05) is 0 Å². The topological polar surface area (TPSA) is 25.8 Å². The normalized spacial score (nSPS) is 9.40. The maximum atomic E-state index is 3.93. The van der Waals surface area contributed by atoms with Crippen molar-refractivity contribution in [2.45, 2.75) is 13.8 Å². The lowest BCUT2D eigenvalue weighted by Gasteiger charge is -1.99. The fourth-order valence-corrected chi connectivity index (χ4v) is 0.816. The van der Waals surface area contributed by atoms with Crippen LogP contribution in [0.1, 0.15) is 18.2 Å². The monoisotopic (exact) mass is 134 g/mol. The van der Waals surface area contributed by atoms with Gasteiger partial charge < -0.3 is 0 Å². The Morgan fingerprint density at radius 1 is 1.60 bits per heavy atom. The highest BCUT2D eigenvalue weighted by Crippen LogP contribution is 2.10. The lowest BCUT2D eigenvalue weighted by molar-refractivity contribution is 0.992. The van der Waals surface area contributed by atoms with Gasteiger partial charge in [-0.05, 0) is 31.1 Å². The van der Waals surface area contributed by atoms with Crippen LogP contribution in [0.4, 0.5) is 0 Å². The van der Waals surface area contributed by atoms with Gasteiger partial charge in [-0.1, -0.05) is 6.58 Å². The summed E-state index contributed by atoms with van der Waals surface area (Å²) in [5, 5.41) is 7.68. The summed E-state index contributed by atoms with van der Waals surface area (Å²) in [6.07, 6.45) is 1.68. The first kappa shape index (κ1) is 6.93. The van der Waals surface area contributed by atoms with Crippen molar-refractivity contribution in [3.8, 4) is 0 Å². The molecule has 2 nitrogen and oxygen atoms in total. The first-order valence-corrected chi connectivity index (χ1v) is 3.16. The Morgan fingerprint density at radius 2 is 2.30 bits per heavy atom. The van der Waals surface area contributed by atoms with Crippen LogP contribution < -0.4 is 0 Å². The molecule has 0 amide bonds. The second-order valence-corrected chi connectivity index (χ2v) is 2.34. The molecule has 52 valence electrons. The van der Waals surface area contributed by atoms with Crippen LogP contribution in [-0.2, 0) is 0 Å². The molecule has 1 rings (SSSR count).